The highest BCUT2D eigenvalue weighted by molar-refractivity contribution is 7.92. The van der Waals surface area contributed by atoms with Gasteiger partial charge >= 0.3 is 0 Å². The van der Waals surface area contributed by atoms with E-state index in [-0.39, 0.29) is 12.5 Å². The number of benzene rings is 2. The summed E-state index contributed by atoms with van der Waals surface area (Å²) in [5.74, 6) is 0.323. The Labute approximate surface area is 213 Å². The number of nitrogens with one attached hydrogen (secondary N) is 1. The number of aryl methyl sites for hydroxylation is 1. The van der Waals surface area contributed by atoms with Crippen molar-refractivity contribution in [3.63, 3.8) is 0 Å². The van der Waals surface area contributed by atoms with E-state index in [9.17, 15) is 18.0 Å². The van der Waals surface area contributed by atoms with Gasteiger partial charge in [0.05, 0.1) is 31.8 Å². The first-order chi connectivity index (χ1) is 17.3. The van der Waals surface area contributed by atoms with Crippen LogP contribution < -0.4 is 14.4 Å². The van der Waals surface area contributed by atoms with Crippen LogP contribution in [0.25, 0.3) is 0 Å². The highest BCUT2D eigenvalue weighted by Gasteiger charge is 2.22. The van der Waals surface area contributed by atoms with Crippen molar-refractivity contribution in [2.75, 3.05) is 56.6 Å². The van der Waals surface area contributed by atoms with Crippen LogP contribution in [0.1, 0.15) is 35.7 Å². The summed E-state index contributed by atoms with van der Waals surface area (Å²) in [5, 5.41) is 2.80. The Morgan fingerprint density at radius 3 is 2.44 bits per heavy atom. The molecule has 0 radical (unpaired) electrons. The van der Waals surface area contributed by atoms with E-state index in [1.807, 2.05) is 24.3 Å². The number of nitrogens with zero attached hydrogens (tertiary/aromatic N) is 2. The third kappa shape index (κ3) is 7.96. The van der Waals surface area contributed by atoms with Crippen LogP contribution in [0.3, 0.4) is 0 Å². The van der Waals surface area contributed by atoms with Crippen molar-refractivity contribution < 1.29 is 27.5 Å². The maximum atomic E-state index is 12.6. The van der Waals surface area contributed by atoms with E-state index in [4.69, 9.17) is 9.47 Å². The van der Waals surface area contributed by atoms with Crippen LogP contribution in [0.5, 0.6) is 5.75 Å². The van der Waals surface area contributed by atoms with Crippen LogP contribution in [0, 0.1) is 0 Å². The summed E-state index contributed by atoms with van der Waals surface area (Å²) in [4.78, 5) is 26.9. The second-order valence-corrected chi connectivity index (χ2v) is 10.5. The fraction of sp³-hybridized carbons (Fsp3) is 0.462. The molecule has 3 rings (SSSR count). The van der Waals surface area contributed by atoms with Crippen LogP contribution in [-0.2, 0) is 26.0 Å². The van der Waals surface area contributed by atoms with Gasteiger partial charge in [-0.3, -0.25) is 13.9 Å². The quantitative estimate of drug-likeness (QED) is 0.434. The van der Waals surface area contributed by atoms with Gasteiger partial charge in [0.2, 0.25) is 15.9 Å². The smallest absolute Gasteiger partial charge is 0.254 e. The molecule has 1 saturated heterocycles. The van der Waals surface area contributed by atoms with E-state index in [0.29, 0.717) is 57.1 Å². The summed E-state index contributed by atoms with van der Waals surface area (Å²) in [5.41, 5.74) is 1.86. The van der Waals surface area contributed by atoms with Gasteiger partial charge in [-0.2, -0.15) is 0 Å². The molecule has 1 heterocycles. The third-order valence-corrected chi connectivity index (χ3v) is 6.91. The number of carbonyl (C=O) groups is 2. The van der Waals surface area contributed by atoms with Gasteiger partial charge < -0.3 is 19.7 Å². The topological polar surface area (TPSA) is 105 Å². The molecular formula is C26H35N3O6S. The second kappa shape index (κ2) is 13.3. The van der Waals surface area contributed by atoms with Crippen LogP contribution in [0.15, 0.2) is 48.5 Å². The van der Waals surface area contributed by atoms with E-state index < -0.39 is 15.9 Å². The standard InChI is InChI=1S/C26H35N3O6S/c1-3-17-35-24-9-5-4-7-21(24)8-6-14-27-25(30)20-29(36(2,32)33)23-12-10-22(11-13-23)26(31)28-15-18-34-19-16-28/h4-5,7,9-13H,3,6,8,14-20H2,1-2H3,(H,27,30). The minimum atomic E-state index is -3.71. The predicted octanol–water partition coefficient (Wildman–Crippen LogP) is 2.46. The van der Waals surface area contributed by atoms with E-state index in [1.165, 1.54) is 0 Å². The fourth-order valence-corrected chi connectivity index (χ4v) is 4.73. The van der Waals surface area contributed by atoms with Gasteiger partial charge in [0.25, 0.3) is 5.91 Å². The number of hydrogen-bond donors (Lipinski definition) is 1. The lowest BCUT2D eigenvalue weighted by atomic mass is 10.1. The molecule has 10 heteroatoms. The molecule has 1 fully saturated rings. The zero-order chi connectivity index (χ0) is 26.0. The van der Waals surface area contributed by atoms with Gasteiger partial charge in [-0.25, -0.2) is 8.42 Å². The Morgan fingerprint density at radius 2 is 1.78 bits per heavy atom. The molecular weight excluding hydrogens is 482 g/mol. The van der Waals surface area contributed by atoms with Gasteiger partial charge in [-0.15, -0.1) is 0 Å². The van der Waals surface area contributed by atoms with Crippen LogP contribution in [-0.4, -0.2) is 77.4 Å². The lowest BCUT2D eigenvalue weighted by molar-refractivity contribution is -0.119. The maximum Gasteiger partial charge on any atom is 0.254 e. The molecule has 1 aliphatic heterocycles. The van der Waals surface area contributed by atoms with E-state index in [2.05, 4.69) is 12.2 Å². The van der Waals surface area contributed by atoms with E-state index in [0.717, 1.165) is 34.7 Å². The number of amides is 2. The first kappa shape index (κ1) is 27.5. The molecule has 196 valence electrons. The molecule has 2 aromatic rings. The lowest BCUT2D eigenvalue weighted by Gasteiger charge is -2.27. The first-order valence-corrected chi connectivity index (χ1v) is 14.1. The molecule has 0 atom stereocenters. The molecule has 1 aliphatic rings. The van der Waals surface area contributed by atoms with Crippen LogP contribution in [0.4, 0.5) is 5.69 Å². The SMILES string of the molecule is CCCOc1ccccc1CCCNC(=O)CN(c1ccc(C(=O)N2CCOCC2)cc1)S(C)(=O)=O. The van der Waals surface area contributed by atoms with Gasteiger partial charge in [-0.05, 0) is 55.2 Å². The Balaban J connectivity index is 1.55. The predicted molar refractivity (Wildman–Crippen MR) is 139 cm³/mol. The Morgan fingerprint density at radius 1 is 1.08 bits per heavy atom. The number of hydrogen-bond acceptors (Lipinski definition) is 6. The van der Waals surface area contributed by atoms with Crippen molar-refractivity contribution in [3.8, 4) is 5.75 Å². The number of ether oxygens (including phenoxy) is 2. The molecule has 36 heavy (non-hydrogen) atoms. The van der Waals surface area contributed by atoms with Crippen molar-refractivity contribution in [2.45, 2.75) is 26.2 Å². The van der Waals surface area contributed by atoms with Gasteiger partial charge in [0.15, 0.2) is 0 Å². The third-order valence-electron chi connectivity index (χ3n) is 5.77. The highest BCUT2D eigenvalue weighted by Crippen LogP contribution is 2.21. The minimum absolute atomic E-state index is 0.129. The first-order valence-electron chi connectivity index (χ1n) is 12.2. The Bertz CT molecular complexity index is 1110. The molecule has 0 saturated carbocycles. The Hall–Kier alpha value is -3.11. The molecule has 0 bridgehead atoms. The summed E-state index contributed by atoms with van der Waals surface area (Å²) < 4.78 is 36.9. The zero-order valence-corrected chi connectivity index (χ0v) is 21.8. The zero-order valence-electron chi connectivity index (χ0n) is 20.9. The molecule has 2 amide bonds. The number of para-hydroxylation sites is 1. The minimum Gasteiger partial charge on any atom is -0.493 e. The summed E-state index contributed by atoms with van der Waals surface area (Å²) in [7, 11) is -3.71. The Kier molecular flexibility index (Phi) is 10.1. The van der Waals surface area contributed by atoms with E-state index in [1.54, 1.807) is 29.2 Å². The number of carbonyl (C=O) groups excluding carboxylic acids is 2. The van der Waals surface area contributed by atoms with Gasteiger partial charge in [0, 0.05) is 25.2 Å². The molecule has 9 nitrogen and oxygen atoms in total. The maximum absolute atomic E-state index is 12.6. The van der Waals surface area contributed by atoms with Crippen molar-refractivity contribution in [3.05, 3.63) is 59.7 Å². The van der Waals surface area contributed by atoms with Crippen molar-refractivity contribution in [1.82, 2.24) is 10.2 Å². The van der Waals surface area contributed by atoms with Gasteiger partial charge in [-0.1, -0.05) is 25.1 Å². The highest BCUT2D eigenvalue weighted by atomic mass is 32.2. The summed E-state index contributed by atoms with van der Waals surface area (Å²) in [6.45, 7) is 4.81. The molecule has 0 unspecified atom stereocenters. The largest absolute Gasteiger partial charge is 0.493 e. The van der Waals surface area contributed by atoms with Crippen molar-refractivity contribution in [1.29, 1.82) is 0 Å². The number of rotatable bonds is 12. The second-order valence-electron chi connectivity index (χ2n) is 8.63. The summed E-state index contributed by atoms with van der Waals surface area (Å²) in [6.07, 6.45) is 3.40. The van der Waals surface area contributed by atoms with E-state index >= 15 is 0 Å². The summed E-state index contributed by atoms with van der Waals surface area (Å²) in [6, 6.07) is 14.1. The average molecular weight is 518 g/mol. The molecule has 1 N–H and O–H groups in total. The number of morpholine rings is 1. The summed E-state index contributed by atoms with van der Waals surface area (Å²) >= 11 is 0. The van der Waals surface area contributed by atoms with Crippen molar-refractivity contribution >= 4 is 27.5 Å². The molecule has 2 aromatic carbocycles. The number of anilines is 1. The fourth-order valence-electron chi connectivity index (χ4n) is 3.88. The van der Waals surface area contributed by atoms with Crippen LogP contribution in [0.2, 0.25) is 0 Å². The normalized spacial score (nSPS) is 13.8. The number of sulfonamides is 1. The van der Waals surface area contributed by atoms with Crippen LogP contribution >= 0.6 is 0 Å². The van der Waals surface area contributed by atoms with Crippen molar-refractivity contribution in [2.24, 2.45) is 0 Å². The van der Waals surface area contributed by atoms with Gasteiger partial charge in [0.1, 0.15) is 12.3 Å². The lowest BCUT2D eigenvalue weighted by Crippen LogP contribution is -2.41. The molecule has 0 spiro atoms. The molecule has 0 aliphatic carbocycles. The average Bonchev–Trinajstić information content (AvgIpc) is 2.88. The monoisotopic (exact) mass is 517 g/mol. The molecule has 0 aromatic heterocycles.